The Morgan fingerprint density at radius 2 is 1.58 bits per heavy atom. The van der Waals surface area contributed by atoms with Gasteiger partial charge < -0.3 is 15.8 Å². The Morgan fingerprint density at radius 1 is 1.11 bits per heavy atom. The molecule has 0 aromatic carbocycles. The van der Waals surface area contributed by atoms with Crippen LogP contribution >= 0.6 is 0 Å². The lowest BCUT2D eigenvalue weighted by molar-refractivity contribution is 0.0455. The largest absolute Gasteiger partial charge is 0.444 e. The second kappa shape index (κ2) is 6.12. The van der Waals surface area contributed by atoms with Gasteiger partial charge in [0, 0.05) is 11.6 Å². The van der Waals surface area contributed by atoms with Gasteiger partial charge in [-0.05, 0) is 52.9 Å². The van der Waals surface area contributed by atoms with Crippen LogP contribution in [0, 0.1) is 5.41 Å². The van der Waals surface area contributed by atoms with Crippen LogP contribution in [0.1, 0.15) is 68.2 Å². The summed E-state index contributed by atoms with van der Waals surface area (Å²) in [6, 6.07) is 0.0465. The summed E-state index contributed by atoms with van der Waals surface area (Å²) in [5.41, 5.74) is 5.29. The van der Waals surface area contributed by atoms with Gasteiger partial charge in [-0.25, -0.2) is 4.79 Å². The summed E-state index contributed by atoms with van der Waals surface area (Å²) in [4.78, 5) is 11.9. The molecule has 0 saturated heterocycles. The molecule has 0 aromatic heterocycles. The monoisotopic (exact) mass is 272 g/mol. The predicted molar refractivity (Wildman–Crippen MR) is 80.1 cm³/mol. The molecule has 0 radical (unpaired) electrons. The van der Waals surface area contributed by atoms with E-state index in [0.29, 0.717) is 0 Å². The Labute approximate surface area is 118 Å². The maximum Gasteiger partial charge on any atom is 0.407 e. The lowest BCUT2D eigenvalue weighted by atomic mass is 9.82. The molecule has 1 atom stereocenters. The SMILES string of the molecule is CC(C)(N)CCC(NC(=O)OC(C)(C)C)C(C)(C)C. The number of alkyl carbamates (subject to hydrolysis) is 1. The molecule has 114 valence electrons. The van der Waals surface area contributed by atoms with Crippen molar-refractivity contribution in [3.05, 3.63) is 0 Å². The highest BCUT2D eigenvalue weighted by molar-refractivity contribution is 5.68. The third-order valence-electron chi connectivity index (χ3n) is 2.81. The zero-order valence-electron chi connectivity index (χ0n) is 13.9. The van der Waals surface area contributed by atoms with E-state index in [9.17, 15) is 4.79 Å². The van der Waals surface area contributed by atoms with Gasteiger partial charge in [0.1, 0.15) is 5.60 Å². The molecule has 1 amide bonds. The molecule has 0 saturated carbocycles. The topological polar surface area (TPSA) is 64.3 Å². The van der Waals surface area contributed by atoms with Gasteiger partial charge in [0.05, 0.1) is 0 Å². The maximum absolute atomic E-state index is 11.9. The molecule has 0 spiro atoms. The summed E-state index contributed by atoms with van der Waals surface area (Å²) < 4.78 is 5.31. The van der Waals surface area contributed by atoms with E-state index in [0.717, 1.165) is 12.8 Å². The fourth-order valence-corrected chi connectivity index (χ4v) is 1.69. The summed E-state index contributed by atoms with van der Waals surface area (Å²) in [7, 11) is 0. The van der Waals surface area contributed by atoms with Crippen molar-refractivity contribution >= 4 is 6.09 Å². The van der Waals surface area contributed by atoms with Crippen molar-refractivity contribution in [3.8, 4) is 0 Å². The van der Waals surface area contributed by atoms with Gasteiger partial charge in [0.25, 0.3) is 0 Å². The van der Waals surface area contributed by atoms with E-state index < -0.39 is 5.60 Å². The van der Waals surface area contributed by atoms with Gasteiger partial charge >= 0.3 is 6.09 Å². The van der Waals surface area contributed by atoms with Gasteiger partial charge in [0.2, 0.25) is 0 Å². The number of hydrogen-bond donors (Lipinski definition) is 2. The highest BCUT2D eigenvalue weighted by Gasteiger charge is 2.29. The highest BCUT2D eigenvalue weighted by atomic mass is 16.6. The smallest absolute Gasteiger partial charge is 0.407 e. The Bertz CT molecular complexity index is 293. The number of nitrogens with two attached hydrogens (primary N) is 1. The third-order valence-corrected chi connectivity index (χ3v) is 2.81. The number of carbonyl (C=O) groups excluding carboxylic acids is 1. The molecule has 0 bridgehead atoms. The van der Waals surface area contributed by atoms with E-state index in [1.807, 2.05) is 34.6 Å². The second-order valence-corrected chi connectivity index (χ2v) is 8.09. The van der Waals surface area contributed by atoms with Crippen molar-refractivity contribution in [1.82, 2.24) is 5.32 Å². The minimum absolute atomic E-state index is 0.0256. The van der Waals surface area contributed by atoms with Crippen LogP contribution in [0.25, 0.3) is 0 Å². The van der Waals surface area contributed by atoms with Crippen LogP contribution in [-0.2, 0) is 4.74 Å². The van der Waals surface area contributed by atoms with Crippen LogP contribution in [0.15, 0.2) is 0 Å². The molecular weight excluding hydrogens is 240 g/mol. The Hall–Kier alpha value is -0.770. The molecule has 1 unspecified atom stereocenters. The fraction of sp³-hybridized carbons (Fsp3) is 0.933. The normalized spacial score (nSPS) is 15.0. The highest BCUT2D eigenvalue weighted by Crippen LogP contribution is 2.25. The number of ether oxygens (including phenoxy) is 1. The van der Waals surface area contributed by atoms with Crippen molar-refractivity contribution in [3.63, 3.8) is 0 Å². The summed E-state index contributed by atoms with van der Waals surface area (Å²) in [6.45, 7) is 15.9. The van der Waals surface area contributed by atoms with Crippen molar-refractivity contribution in [2.24, 2.45) is 11.1 Å². The number of hydrogen-bond acceptors (Lipinski definition) is 3. The molecule has 19 heavy (non-hydrogen) atoms. The second-order valence-electron chi connectivity index (χ2n) is 8.09. The van der Waals surface area contributed by atoms with Gasteiger partial charge in [-0.2, -0.15) is 0 Å². The first-order valence-corrected chi connectivity index (χ1v) is 6.99. The molecule has 0 rings (SSSR count). The van der Waals surface area contributed by atoms with Gasteiger partial charge in [0.15, 0.2) is 0 Å². The van der Waals surface area contributed by atoms with E-state index in [4.69, 9.17) is 10.5 Å². The quantitative estimate of drug-likeness (QED) is 0.824. The fourth-order valence-electron chi connectivity index (χ4n) is 1.69. The molecule has 0 heterocycles. The maximum atomic E-state index is 11.9. The molecule has 0 aliphatic carbocycles. The van der Waals surface area contributed by atoms with Crippen molar-refractivity contribution in [2.75, 3.05) is 0 Å². The van der Waals surface area contributed by atoms with E-state index in [1.54, 1.807) is 0 Å². The van der Waals surface area contributed by atoms with Crippen molar-refractivity contribution < 1.29 is 9.53 Å². The average molecular weight is 272 g/mol. The summed E-state index contributed by atoms with van der Waals surface area (Å²) in [5.74, 6) is 0. The molecule has 0 fully saturated rings. The van der Waals surface area contributed by atoms with Crippen molar-refractivity contribution in [1.29, 1.82) is 0 Å². The van der Waals surface area contributed by atoms with E-state index in [1.165, 1.54) is 0 Å². The molecule has 4 heteroatoms. The van der Waals surface area contributed by atoms with Gasteiger partial charge in [-0.1, -0.05) is 20.8 Å². The molecular formula is C15H32N2O2. The van der Waals surface area contributed by atoms with E-state index >= 15 is 0 Å². The lowest BCUT2D eigenvalue weighted by Gasteiger charge is -2.34. The number of carbonyl (C=O) groups is 1. The van der Waals surface area contributed by atoms with Crippen LogP contribution in [0.3, 0.4) is 0 Å². The first kappa shape index (κ1) is 18.2. The first-order chi connectivity index (χ1) is 8.21. The minimum atomic E-state index is -0.473. The molecule has 0 aliphatic heterocycles. The van der Waals surface area contributed by atoms with Crippen LogP contribution in [0.5, 0.6) is 0 Å². The predicted octanol–water partition coefficient (Wildman–Crippen LogP) is 3.44. The molecule has 0 aromatic rings. The minimum Gasteiger partial charge on any atom is -0.444 e. The molecule has 0 aliphatic rings. The Morgan fingerprint density at radius 3 is 1.89 bits per heavy atom. The molecule has 3 N–H and O–H groups in total. The van der Waals surface area contributed by atoms with Crippen LogP contribution in [0.2, 0.25) is 0 Å². The Kier molecular flexibility index (Phi) is 5.87. The van der Waals surface area contributed by atoms with Crippen molar-refractivity contribution in [2.45, 2.75) is 85.4 Å². The number of nitrogens with one attached hydrogen (secondary N) is 1. The standard InChI is InChI=1S/C15H32N2O2/c1-13(2,3)11(9-10-15(7,8)16)17-12(18)19-14(4,5)6/h11H,9-10,16H2,1-8H3,(H,17,18). The first-order valence-electron chi connectivity index (χ1n) is 6.99. The number of rotatable bonds is 4. The lowest BCUT2D eigenvalue weighted by Crippen LogP contribution is -2.47. The third kappa shape index (κ3) is 9.77. The summed E-state index contributed by atoms with van der Waals surface area (Å²) in [5, 5.41) is 2.97. The van der Waals surface area contributed by atoms with E-state index in [2.05, 4.69) is 26.1 Å². The summed E-state index contributed by atoms with van der Waals surface area (Å²) >= 11 is 0. The zero-order valence-corrected chi connectivity index (χ0v) is 13.9. The number of amides is 1. The zero-order chi connectivity index (χ0) is 15.5. The van der Waals surface area contributed by atoms with Crippen LogP contribution in [0.4, 0.5) is 4.79 Å². The van der Waals surface area contributed by atoms with Crippen LogP contribution in [-0.4, -0.2) is 23.3 Å². The van der Waals surface area contributed by atoms with Gasteiger partial charge in [-0.3, -0.25) is 0 Å². The van der Waals surface area contributed by atoms with Gasteiger partial charge in [-0.15, -0.1) is 0 Å². The average Bonchev–Trinajstić information content (AvgIpc) is 2.05. The van der Waals surface area contributed by atoms with E-state index in [-0.39, 0.29) is 23.1 Å². The Balaban J connectivity index is 4.58. The summed E-state index contributed by atoms with van der Waals surface area (Å²) in [6.07, 6.45) is 1.33. The molecule has 4 nitrogen and oxygen atoms in total. The van der Waals surface area contributed by atoms with Crippen LogP contribution < -0.4 is 11.1 Å².